The highest BCUT2D eigenvalue weighted by Crippen LogP contribution is 2.36. The summed E-state index contributed by atoms with van der Waals surface area (Å²) in [4.78, 5) is 15.6. The number of carboxylic acids is 1. The molecular weight excluding hydrogens is 401 g/mol. The molecular formula is C20H25F3N4O3. The summed E-state index contributed by atoms with van der Waals surface area (Å²) < 4.78 is 40.1. The highest BCUT2D eigenvalue weighted by atomic mass is 19.4. The first-order chi connectivity index (χ1) is 14.2. The molecule has 1 spiro atoms. The van der Waals surface area contributed by atoms with Gasteiger partial charge in [0.2, 0.25) is 0 Å². The van der Waals surface area contributed by atoms with Crippen molar-refractivity contribution < 1.29 is 27.8 Å². The zero-order valence-electron chi connectivity index (χ0n) is 16.6. The number of aromatic nitrogens is 2. The van der Waals surface area contributed by atoms with Gasteiger partial charge in [-0.1, -0.05) is 18.2 Å². The normalized spacial score (nSPS) is 23.9. The van der Waals surface area contributed by atoms with Gasteiger partial charge in [-0.15, -0.1) is 0 Å². The average Bonchev–Trinajstić information content (AvgIpc) is 3.39. The molecule has 1 aromatic heterocycles. The molecule has 2 aromatic rings. The molecule has 0 aliphatic carbocycles. The van der Waals surface area contributed by atoms with E-state index in [-0.39, 0.29) is 5.60 Å². The Hall–Kier alpha value is -2.59. The van der Waals surface area contributed by atoms with Gasteiger partial charge in [-0.25, -0.2) is 9.78 Å². The summed E-state index contributed by atoms with van der Waals surface area (Å²) in [6.45, 7) is 3.88. The Kier molecular flexibility index (Phi) is 6.67. The van der Waals surface area contributed by atoms with Crippen molar-refractivity contribution in [1.82, 2.24) is 14.5 Å². The Morgan fingerprint density at radius 1 is 1.37 bits per heavy atom. The predicted molar refractivity (Wildman–Crippen MR) is 104 cm³/mol. The number of carbonyl (C=O) groups is 1. The molecule has 2 aliphatic heterocycles. The van der Waals surface area contributed by atoms with Crippen LogP contribution in [0.5, 0.6) is 0 Å². The number of rotatable bonds is 4. The molecule has 0 saturated carbocycles. The molecule has 2 saturated heterocycles. The second kappa shape index (κ2) is 9.05. The van der Waals surface area contributed by atoms with Crippen LogP contribution in [0.25, 0.3) is 0 Å². The maximum Gasteiger partial charge on any atom is 0.490 e. The van der Waals surface area contributed by atoms with Crippen molar-refractivity contribution >= 4 is 11.7 Å². The maximum atomic E-state index is 10.6. The van der Waals surface area contributed by atoms with E-state index in [2.05, 4.69) is 51.1 Å². The zero-order chi connectivity index (χ0) is 21.8. The van der Waals surface area contributed by atoms with Gasteiger partial charge in [0.1, 0.15) is 0 Å². The molecule has 0 radical (unpaired) electrons. The molecule has 4 rings (SSSR count). The van der Waals surface area contributed by atoms with Crippen LogP contribution >= 0.6 is 0 Å². The number of nitrogens with one attached hydrogen (secondary N) is 1. The number of halogens is 3. The van der Waals surface area contributed by atoms with Crippen molar-refractivity contribution in [1.29, 1.82) is 0 Å². The number of likely N-dealkylation sites (tertiary alicyclic amines) is 1. The minimum atomic E-state index is -5.08. The highest BCUT2D eigenvalue weighted by Gasteiger charge is 2.45. The Labute approximate surface area is 172 Å². The molecule has 0 bridgehead atoms. The fraction of sp³-hybridized carbons (Fsp3) is 0.500. The Morgan fingerprint density at radius 2 is 2.07 bits per heavy atom. The molecule has 30 heavy (non-hydrogen) atoms. The van der Waals surface area contributed by atoms with Crippen LogP contribution in [0.1, 0.15) is 18.5 Å². The number of alkyl halides is 3. The molecule has 7 nitrogen and oxygen atoms in total. The summed E-state index contributed by atoms with van der Waals surface area (Å²) >= 11 is 0. The SMILES string of the molecule is Cn1cncc1CN1CCC2(CC(Nc3ccccc3)CO2)C1.O=C(O)C(F)(F)F. The van der Waals surface area contributed by atoms with E-state index < -0.39 is 12.1 Å². The third kappa shape index (κ3) is 5.73. The molecule has 164 valence electrons. The lowest BCUT2D eigenvalue weighted by molar-refractivity contribution is -0.192. The monoisotopic (exact) mass is 426 g/mol. The lowest BCUT2D eigenvalue weighted by Gasteiger charge is -2.23. The van der Waals surface area contributed by atoms with Crippen LogP contribution in [0.4, 0.5) is 18.9 Å². The lowest BCUT2D eigenvalue weighted by atomic mass is 9.97. The average molecular weight is 426 g/mol. The van der Waals surface area contributed by atoms with E-state index in [0.29, 0.717) is 6.04 Å². The number of aliphatic carboxylic acids is 1. The number of hydrogen-bond acceptors (Lipinski definition) is 5. The first-order valence-electron chi connectivity index (χ1n) is 9.60. The largest absolute Gasteiger partial charge is 0.490 e. The van der Waals surface area contributed by atoms with Gasteiger partial charge in [0.25, 0.3) is 0 Å². The molecule has 2 unspecified atom stereocenters. The number of ether oxygens (including phenoxy) is 1. The van der Waals surface area contributed by atoms with Gasteiger partial charge in [0.05, 0.1) is 30.3 Å². The number of benzene rings is 1. The van der Waals surface area contributed by atoms with Crippen molar-refractivity contribution in [2.45, 2.75) is 37.2 Å². The number of para-hydroxylation sites is 1. The highest BCUT2D eigenvalue weighted by molar-refractivity contribution is 5.73. The predicted octanol–water partition coefficient (Wildman–Crippen LogP) is 2.90. The van der Waals surface area contributed by atoms with E-state index in [0.717, 1.165) is 39.1 Å². The van der Waals surface area contributed by atoms with Gasteiger partial charge < -0.3 is 19.7 Å². The number of aryl methyl sites for hydroxylation is 1. The van der Waals surface area contributed by atoms with Crippen molar-refractivity contribution in [3.8, 4) is 0 Å². The molecule has 2 fully saturated rings. The molecule has 1 aromatic carbocycles. The maximum absolute atomic E-state index is 10.6. The number of anilines is 1. The van der Waals surface area contributed by atoms with Crippen LogP contribution in [0.15, 0.2) is 42.9 Å². The van der Waals surface area contributed by atoms with Crippen LogP contribution < -0.4 is 5.32 Å². The number of nitrogens with zero attached hydrogens (tertiary/aromatic N) is 3. The smallest absolute Gasteiger partial charge is 0.475 e. The topological polar surface area (TPSA) is 79.6 Å². The molecule has 2 N–H and O–H groups in total. The summed E-state index contributed by atoms with van der Waals surface area (Å²) in [5, 5.41) is 10.7. The van der Waals surface area contributed by atoms with Gasteiger partial charge in [-0.05, 0) is 18.6 Å². The van der Waals surface area contributed by atoms with Gasteiger partial charge in [0.15, 0.2) is 0 Å². The van der Waals surface area contributed by atoms with E-state index in [9.17, 15) is 13.2 Å². The number of hydrogen-bond donors (Lipinski definition) is 2. The van der Waals surface area contributed by atoms with Gasteiger partial charge in [0, 0.05) is 45.0 Å². The molecule has 0 amide bonds. The van der Waals surface area contributed by atoms with Crippen molar-refractivity contribution in [3.63, 3.8) is 0 Å². The summed E-state index contributed by atoms with van der Waals surface area (Å²) in [5.41, 5.74) is 2.48. The van der Waals surface area contributed by atoms with Crippen molar-refractivity contribution in [2.75, 3.05) is 25.0 Å². The van der Waals surface area contributed by atoms with Gasteiger partial charge in [-0.2, -0.15) is 13.2 Å². The van der Waals surface area contributed by atoms with Crippen molar-refractivity contribution in [3.05, 3.63) is 48.5 Å². The molecule has 3 heterocycles. The number of imidazole rings is 1. The van der Waals surface area contributed by atoms with Crippen LogP contribution in [-0.4, -0.2) is 63.0 Å². The van der Waals surface area contributed by atoms with Crippen molar-refractivity contribution in [2.24, 2.45) is 7.05 Å². The third-order valence-electron chi connectivity index (χ3n) is 5.29. The first kappa shape index (κ1) is 22.1. The minimum absolute atomic E-state index is 0.0328. The van der Waals surface area contributed by atoms with Crippen LogP contribution in [0.2, 0.25) is 0 Å². The van der Waals surface area contributed by atoms with E-state index in [1.807, 2.05) is 18.6 Å². The van der Waals surface area contributed by atoms with E-state index >= 15 is 0 Å². The zero-order valence-corrected chi connectivity index (χ0v) is 16.6. The second-order valence-electron chi connectivity index (χ2n) is 7.66. The second-order valence-corrected chi connectivity index (χ2v) is 7.66. The van der Waals surface area contributed by atoms with Crippen LogP contribution in [0.3, 0.4) is 0 Å². The van der Waals surface area contributed by atoms with E-state index in [1.54, 1.807) is 0 Å². The Balaban J connectivity index is 0.000000318. The summed E-state index contributed by atoms with van der Waals surface area (Å²) in [5.74, 6) is -2.76. The Bertz CT molecular complexity index is 843. The van der Waals surface area contributed by atoms with Crippen LogP contribution in [-0.2, 0) is 23.1 Å². The summed E-state index contributed by atoms with van der Waals surface area (Å²) in [7, 11) is 2.06. The van der Waals surface area contributed by atoms with E-state index in [4.69, 9.17) is 14.6 Å². The standard InChI is InChI=1S/C18H24N4O.C2HF3O2/c1-21-14-19-10-17(21)11-22-8-7-18(13-22)9-16(12-23-18)20-15-5-3-2-4-6-15;3-2(4,5)1(6)7/h2-6,10,14,16,20H,7-9,11-13H2,1H3;(H,6,7). The minimum Gasteiger partial charge on any atom is -0.475 e. The lowest BCUT2D eigenvalue weighted by Crippen LogP contribution is -2.33. The summed E-state index contributed by atoms with van der Waals surface area (Å²) in [6.07, 6.45) is 0.953. The van der Waals surface area contributed by atoms with E-state index in [1.165, 1.54) is 11.4 Å². The molecule has 2 atom stereocenters. The number of carboxylic acid groups (broad SMARTS) is 1. The fourth-order valence-corrected chi connectivity index (χ4v) is 3.82. The first-order valence-corrected chi connectivity index (χ1v) is 9.60. The molecule has 10 heteroatoms. The Morgan fingerprint density at radius 3 is 2.67 bits per heavy atom. The van der Waals surface area contributed by atoms with Crippen LogP contribution in [0, 0.1) is 0 Å². The van der Waals surface area contributed by atoms with Gasteiger partial charge in [-0.3, -0.25) is 4.90 Å². The molecule has 2 aliphatic rings. The third-order valence-corrected chi connectivity index (χ3v) is 5.29. The fourth-order valence-electron chi connectivity index (χ4n) is 3.82. The quantitative estimate of drug-likeness (QED) is 0.783. The summed E-state index contributed by atoms with van der Waals surface area (Å²) in [6, 6.07) is 10.8. The van der Waals surface area contributed by atoms with Gasteiger partial charge >= 0.3 is 12.1 Å².